The van der Waals surface area contributed by atoms with E-state index in [0.29, 0.717) is 11.1 Å². The molecule has 2 heterocycles. The number of guanidine groups is 1. The average molecular weight is 352 g/mol. The number of halogens is 1. The molecular formula is C18H30ClN5. The van der Waals surface area contributed by atoms with Crippen LogP contribution in [0.4, 0.5) is 0 Å². The Balaban J connectivity index is 1.75. The van der Waals surface area contributed by atoms with Crippen molar-refractivity contribution >= 4 is 17.6 Å². The Labute approximate surface area is 150 Å². The Kier molecular flexibility index (Phi) is 8.33. The molecule has 1 aromatic heterocycles. The third-order valence-corrected chi connectivity index (χ3v) is 4.48. The zero-order chi connectivity index (χ0) is 17.2. The molecule has 2 N–H and O–H groups in total. The molecule has 1 unspecified atom stereocenters. The molecule has 1 aromatic rings. The lowest BCUT2D eigenvalue weighted by Crippen LogP contribution is -2.38. The van der Waals surface area contributed by atoms with Crippen LogP contribution in [0.15, 0.2) is 23.3 Å². The van der Waals surface area contributed by atoms with Crippen LogP contribution in [0.3, 0.4) is 0 Å². The lowest BCUT2D eigenvalue weighted by Gasteiger charge is -2.15. The highest BCUT2D eigenvalue weighted by molar-refractivity contribution is 6.29. The first kappa shape index (κ1) is 19.0. The monoisotopic (exact) mass is 351 g/mol. The molecule has 1 fully saturated rings. The molecule has 1 atom stereocenters. The lowest BCUT2D eigenvalue weighted by molar-refractivity contribution is 0.326. The Morgan fingerprint density at radius 2 is 2.25 bits per heavy atom. The van der Waals surface area contributed by atoms with Crippen LogP contribution in [-0.4, -0.2) is 55.1 Å². The van der Waals surface area contributed by atoms with Gasteiger partial charge in [-0.05, 0) is 56.8 Å². The van der Waals surface area contributed by atoms with Crippen molar-refractivity contribution in [3.05, 3.63) is 29.0 Å². The van der Waals surface area contributed by atoms with Gasteiger partial charge in [-0.2, -0.15) is 0 Å². The first-order chi connectivity index (χ1) is 11.7. The van der Waals surface area contributed by atoms with Gasteiger partial charge in [0.05, 0.1) is 0 Å². The zero-order valence-corrected chi connectivity index (χ0v) is 15.6. The van der Waals surface area contributed by atoms with E-state index in [0.717, 1.165) is 32.0 Å². The fourth-order valence-corrected chi connectivity index (χ4v) is 3.13. The second kappa shape index (κ2) is 10.5. The van der Waals surface area contributed by atoms with E-state index in [4.69, 9.17) is 16.6 Å². The second-order valence-electron chi connectivity index (χ2n) is 6.34. The van der Waals surface area contributed by atoms with Crippen LogP contribution >= 0.6 is 11.6 Å². The van der Waals surface area contributed by atoms with Crippen molar-refractivity contribution in [3.8, 4) is 0 Å². The predicted octanol–water partition coefficient (Wildman–Crippen LogP) is 2.56. The summed E-state index contributed by atoms with van der Waals surface area (Å²) in [6.45, 7) is 10.6. The van der Waals surface area contributed by atoms with Crippen molar-refractivity contribution in [1.29, 1.82) is 0 Å². The summed E-state index contributed by atoms with van der Waals surface area (Å²) in [6, 6.07) is 3.85. The molecule has 5 nitrogen and oxygen atoms in total. The molecule has 0 spiro atoms. The Bertz CT molecular complexity index is 503. The minimum atomic E-state index is 0.537. The van der Waals surface area contributed by atoms with E-state index in [2.05, 4.69) is 34.4 Å². The van der Waals surface area contributed by atoms with Gasteiger partial charge in [-0.15, -0.1) is 0 Å². The van der Waals surface area contributed by atoms with E-state index in [1.54, 1.807) is 0 Å². The van der Waals surface area contributed by atoms with E-state index >= 15 is 0 Å². The third-order valence-electron chi connectivity index (χ3n) is 4.26. The molecule has 0 radical (unpaired) electrons. The lowest BCUT2D eigenvalue weighted by atomic mass is 10.1. The molecule has 0 bridgehead atoms. The smallest absolute Gasteiger partial charge is 0.191 e. The summed E-state index contributed by atoms with van der Waals surface area (Å²) >= 11 is 5.81. The summed E-state index contributed by atoms with van der Waals surface area (Å²) in [5.74, 6) is 1.60. The molecule has 1 aliphatic rings. The van der Waals surface area contributed by atoms with E-state index in [-0.39, 0.29) is 0 Å². The summed E-state index contributed by atoms with van der Waals surface area (Å²) < 4.78 is 0. The minimum Gasteiger partial charge on any atom is -0.357 e. The standard InChI is InChI=1S/C18H30ClN5/c1-3-10-24-11-8-16(14-24)13-23-18(20-4-2)21-9-7-15-5-6-17(19)22-12-15/h5-6,12,16H,3-4,7-11,13-14H2,1-2H3,(H2,20,21,23). The van der Waals surface area contributed by atoms with Gasteiger partial charge in [0.1, 0.15) is 5.15 Å². The maximum atomic E-state index is 5.81. The molecule has 0 aliphatic carbocycles. The van der Waals surface area contributed by atoms with Crippen LogP contribution in [0, 0.1) is 5.92 Å². The largest absolute Gasteiger partial charge is 0.357 e. The van der Waals surface area contributed by atoms with E-state index in [9.17, 15) is 0 Å². The molecule has 1 saturated heterocycles. The van der Waals surface area contributed by atoms with Crippen molar-refractivity contribution in [3.63, 3.8) is 0 Å². The van der Waals surface area contributed by atoms with Gasteiger partial charge in [0, 0.05) is 32.4 Å². The number of pyridine rings is 1. The fourth-order valence-electron chi connectivity index (χ4n) is 3.02. The SMILES string of the molecule is CCCN1CCC(CN=C(NCC)NCCc2ccc(Cl)nc2)C1. The molecule has 0 saturated carbocycles. The Morgan fingerprint density at radius 1 is 1.38 bits per heavy atom. The van der Waals surface area contributed by atoms with E-state index < -0.39 is 0 Å². The zero-order valence-electron chi connectivity index (χ0n) is 14.9. The number of nitrogens with one attached hydrogen (secondary N) is 2. The molecule has 0 amide bonds. The van der Waals surface area contributed by atoms with Crippen molar-refractivity contribution in [2.24, 2.45) is 10.9 Å². The number of nitrogens with zero attached hydrogens (tertiary/aromatic N) is 3. The van der Waals surface area contributed by atoms with Gasteiger partial charge in [0.2, 0.25) is 0 Å². The van der Waals surface area contributed by atoms with E-state index in [1.807, 2.05) is 18.3 Å². The average Bonchev–Trinajstić information content (AvgIpc) is 3.02. The summed E-state index contributed by atoms with van der Waals surface area (Å²) in [5, 5.41) is 7.27. The second-order valence-corrected chi connectivity index (χ2v) is 6.73. The van der Waals surface area contributed by atoms with Gasteiger partial charge in [-0.1, -0.05) is 24.6 Å². The Hall–Kier alpha value is -1.33. The van der Waals surface area contributed by atoms with Gasteiger partial charge in [0.25, 0.3) is 0 Å². The topological polar surface area (TPSA) is 52.5 Å². The van der Waals surface area contributed by atoms with Crippen molar-refractivity contribution in [2.45, 2.75) is 33.1 Å². The number of aromatic nitrogens is 1. The van der Waals surface area contributed by atoms with Crippen molar-refractivity contribution in [1.82, 2.24) is 20.5 Å². The maximum Gasteiger partial charge on any atom is 0.191 e. The first-order valence-corrected chi connectivity index (χ1v) is 9.44. The number of rotatable bonds is 8. The van der Waals surface area contributed by atoms with Crippen LogP contribution in [0.2, 0.25) is 5.15 Å². The van der Waals surface area contributed by atoms with Crippen LogP contribution in [-0.2, 0) is 6.42 Å². The van der Waals surface area contributed by atoms with Crippen molar-refractivity contribution < 1.29 is 0 Å². The highest BCUT2D eigenvalue weighted by Crippen LogP contribution is 2.16. The predicted molar refractivity (Wildman–Crippen MR) is 102 cm³/mol. The molecule has 1 aliphatic heterocycles. The summed E-state index contributed by atoms with van der Waals surface area (Å²) in [5.41, 5.74) is 1.17. The van der Waals surface area contributed by atoms with Crippen LogP contribution < -0.4 is 10.6 Å². The first-order valence-electron chi connectivity index (χ1n) is 9.06. The Morgan fingerprint density at radius 3 is 2.96 bits per heavy atom. The van der Waals surface area contributed by atoms with Crippen LogP contribution in [0.5, 0.6) is 0 Å². The molecule has 0 aromatic carbocycles. The van der Waals surface area contributed by atoms with Gasteiger partial charge in [-0.25, -0.2) is 4.98 Å². The molecule has 24 heavy (non-hydrogen) atoms. The fraction of sp³-hybridized carbons (Fsp3) is 0.667. The van der Waals surface area contributed by atoms with Crippen LogP contribution in [0.25, 0.3) is 0 Å². The highest BCUT2D eigenvalue weighted by Gasteiger charge is 2.21. The van der Waals surface area contributed by atoms with Crippen molar-refractivity contribution in [2.75, 3.05) is 39.3 Å². The number of likely N-dealkylation sites (tertiary alicyclic amines) is 1. The minimum absolute atomic E-state index is 0.537. The summed E-state index contributed by atoms with van der Waals surface area (Å²) in [6.07, 6.45) is 5.23. The van der Waals surface area contributed by atoms with Crippen LogP contribution in [0.1, 0.15) is 32.3 Å². The molecule has 134 valence electrons. The summed E-state index contributed by atoms with van der Waals surface area (Å²) in [4.78, 5) is 11.4. The number of hydrogen-bond acceptors (Lipinski definition) is 3. The molecular weight excluding hydrogens is 322 g/mol. The highest BCUT2D eigenvalue weighted by atomic mass is 35.5. The van der Waals surface area contributed by atoms with Gasteiger partial charge >= 0.3 is 0 Å². The summed E-state index contributed by atoms with van der Waals surface area (Å²) in [7, 11) is 0. The maximum absolute atomic E-state index is 5.81. The van der Waals surface area contributed by atoms with Gasteiger partial charge in [0.15, 0.2) is 5.96 Å². The van der Waals surface area contributed by atoms with E-state index in [1.165, 1.54) is 38.0 Å². The quantitative estimate of drug-likeness (QED) is 0.429. The number of hydrogen-bond donors (Lipinski definition) is 2. The molecule has 2 rings (SSSR count). The van der Waals surface area contributed by atoms with Gasteiger partial charge in [-0.3, -0.25) is 4.99 Å². The third kappa shape index (κ3) is 6.65. The normalized spacial score (nSPS) is 18.8. The van der Waals surface area contributed by atoms with Gasteiger partial charge < -0.3 is 15.5 Å². The number of aliphatic imine (C=N–C) groups is 1. The molecule has 6 heteroatoms.